The molecule has 3 aromatic rings. The van der Waals surface area contributed by atoms with Gasteiger partial charge < -0.3 is 9.52 Å². The standard InChI is InChI=1S/C21H24O2/c1-13(2)16-10-17-12-19(20(22)15-8-6-5-7-9-15)23-21(17)18(11-16)14(3)4/h5-14,20,22H,1-4H3. The molecule has 0 fully saturated rings. The van der Waals surface area contributed by atoms with Crippen LogP contribution in [-0.4, -0.2) is 5.11 Å². The molecule has 1 unspecified atom stereocenters. The second-order valence-corrected chi connectivity index (χ2v) is 6.80. The van der Waals surface area contributed by atoms with Crippen LogP contribution in [0.25, 0.3) is 11.0 Å². The van der Waals surface area contributed by atoms with Crippen LogP contribution in [0.4, 0.5) is 0 Å². The first-order chi connectivity index (χ1) is 11.0. The summed E-state index contributed by atoms with van der Waals surface area (Å²) in [7, 11) is 0. The fraction of sp³-hybridized carbons (Fsp3) is 0.333. The Labute approximate surface area is 137 Å². The van der Waals surface area contributed by atoms with Crippen LogP contribution < -0.4 is 0 Å². The van der Waals surface area contributed by atoms with Crippen molar-refractivity contribution in [2.75, 3.05) is 0 Å². The van der Waals surface area contributed by atoms with E-state index in [9.17, 15) is 5.11 Å². The van der Waals surface area contributed by atoms with E-state index in [0.717, 1.165) is 16.5 Å². The van der Waals surface area contributed by atoms with Crippen LogP contribution in [0.15, 0.2) is 52.9 Å². The van der Waals surface area contributed by atoms with Gasteiger partial charge in [-0.25, -0.2) is 0 Å². The monoisotopic (exact) mass is 308 g/mol. The number of hydrogen-bond donors (Lipinski definition) is 1. The highest BCUT2D eigenvalue weighted by molar-refractivity contribution is 5.83. The van der Waals surface area contributed by atoms with Gasteiger partial charge in [-0.15, -0.1) is 0 Å². The fourth-order valence-corrected chi connectivity index (χ4v) is 2.92. The van der Waals surface area contributed by atoms with Crippen molar-refractivity contribution in [1.82, 2.24) is 0 Å². The molecule has 0 aliphatic carbocycles. The number of fused-ring (bicyclic) bond motifs is 1. The van der Waals surface area contributed by atoms with Gasteiger partial charge in [0.25, 0.3) is 0 Å². The molecule has 0 amide bonds. The second-order valence-electron chi connectivity index (χ2n) is 6.80. The van der Waals surface area contributed by atoms with Gasteiger partial charge in [-0.1, -0.05) is 64.1 Å². The summed E-state index contributed by atoms with van der Waals surface area (Å²) >= 11 is 0. The van der Waals surface area contributed by atoms with Crippen molar-refractivity contribution < 1.29 is 9.52 Å². The fourth-order valence-electron chi connectivity index (χ4n) is 2.92. The van der Waals surface area contributed by atoms with E-state index in [-0.39, 0.29) is 0 Å². The van der Waals surface area contributed by atoms with Crippen molar-refractivity contribution in [2.24, 2.45) is 0 Å². The molecule has 23 heavy (non-hydrogen) atoms. The molecule has 0 saturated carbocycles. The lowest BCUT2D eigenvalue weighted by Gasteiger charge is -2.12. The van der Waals surface area contributed by atoms with Gasteiger partial charge in [-0.3, -0.25) is 0 Å². The maximum atomic E-state index is 10.6. The van der Waals surface area contributed by atoms with Crippen LogP contribution in [0.1, 0.15) is 68.1 Å². The predicted molar refractivity (Wildman–Crippen MR) is 94.9 cm³/mol. The summed E-state index contributed by atoms with van der Waals surface area (Å²) in [6.07, 6.45) is -0.730. The van der Waals surface area contributed by atoms with Crippen LogP contribution >= 0.6 is 0 Å². The van der Waals surface area contributed by atoms with Crippen molar-refractivity contribution in [1.29, 1.82) is 0 Å². The zero-order chi connectivity index (χ0) is 16.6. The quantitative estimate of drug-likeness (QED) is 0.664. The van der Waals surface area contributed by atoms with Crippen LogP contribution in [0.5, 0.6) is 0 Å². The second kappa shape index (κ2) is 6.21. The molecule has 0 radical (unpaired) electrons. The largest absolute Gasteiger partial charge is 0.458 e. The lowest BCUT2D eigenvalue weighted by Crippen LogP contribution is -1.97. The Bertz CT molecular complexity index is 797. The van der Waals surface area contributed by atoms with Crippen LogP contribution in [0, 0.1) is 0 Å². The summed E-state index contributed by atoms with van der Waals surface area (Å²) < 4.78 is 6.06. The first-order valence-corrected chi connectivity index (χ1v) is 8.27. The van der Waals surface area contributed by atoms with Crippen LogP contribution in [-0.2, 0) is 0 Å². The van der Waals surface area contributed by atoms with Gasteiger partial charge in [-0.05, 0) is 40.7 Å². The first kappa shape index (κ1) is 15.8. The van der Waals surface area contributed by atoms with Crippen LogP contribution in [0.3, 0.4) is 0 Å². The molecule has 3 rings (SSSR count). The Hall–Kier alpha value is -2.06. The molecule has 1 aromatic heterocycles. The third kappa shape index (κ3) is 3.04. The summed E-state index contributed by atoms with van der Waals surface area (Å²) in [5.41, 5.74) is 4.26. The Morgan fingerprint density at radius 2 is 1.52 bits per heavy atom. The molecule has 2 aromatic carbocycles. The molecule has 1 N–H and O–H groups in total. The minimum absolute atomic E-state index is 0.379. The number of rotatable bonds is 4. The molecular formula is C21H24O2. The third-order valence-corrected chi connectivity index (χ3v) is 4.36. The Kier molecular flexibility index (Phi) is 4.27. The topological polar surface area (TPSA) is 33.4 Å². The van der Waals surface area contributed by atoms with E-state index >= 15 is 0 Å². The Morgan fingerprint density at radius 1 is 0.826 bits per heavy atom. The summed E-state index contributed by atoms with van der Waals surface area (Å²) in [6.45, 7) is 8.75. The van der Waals surface area contributed by atoms with Crippen molar-refractivity contribution in [3.8, 4) is 0 Å². The highest BCUT2D eigenvalue weighted by Crippen LogP contribution is 2.35. The molecule has 0 aliphatic rings. The summed E-state index contributed by atoms with van der Waals surface area (Å²) in [5.74, 6) is 1.45. The minimum Gasteiger partial charge on any atom is -0.458 e. The Morgan fingerprint density at radius 3 is 2.13 bits per heavy atom. The smallest absolute Gasteiger partial charge is 0.138 e. The number of furan rings is 1. The van der Waals surface area contributed by atoms with Gasteiger partial charge in [0.1, 0.15) is 17.4 Å². The van der Waals surface area contributed by atoms with Crippen molar-refractivity contribution in [3.63, 3.8) is 0 Å². The SMILES string of the molecule is CC(C)c1cc(C(C)C)c2oc(C(O)c3ccccc3)cc2c1. The summed E-state index contributed by atoms with van der Waals surface area (Å²) in [4.78, 5) is 0. The zero-order valence-corrected chi connectivity index (χ0v) is 14.2. The minimum atomic E-state index is -0.730. The number of aliphatic hydroxyl groups is 1. The molecule has 2 nitrogen and oxygen atoms in total. The van der Waals surface area contributed by atoms with Crippen molar-refractivity contribution in [2.45, 2.75) is 45.6 Å². The molecule has 2 heteroatoms. The number of aliphatic hydroxyl groups excluding tert-OH is 1. The van der Waals surface area contributed by atoms with Gasteiger partial charge in [-0.2, -0.15) is 0 Å². The molecule has 0 saturated heterocycles. The van der Waals surface area contributed by atoms with Gasteiger partial charge >= 0.3 is 0 Å². The number of benzene rings is 2. The molecule has 0 bridgehead atoms. The maximum Gasteiger partial charge on any atom is 0.138 e. The highest BCUT2D eigenvalue weighted by Gasteiger charge is 2.19. The van der Waals surface area contributed by atoms with Gasteiger partial charge in [0.15, 0.2) is 0 Å². The Balaban J connectivity index is 2.12. The predicted octanol–water partition coefficient (Wildman–Crippen LogP) is 5.76. The van der Waals surface area contributed by atoms with Crippen molar-refractivity contribution >= 4 is 11.0 Å². The van der Waals surface area contributed by atoms with Gasteiger partial charge in [0.05, 0.1) is 0 Å². The van der Waals surface area contributed by atoms with E-state index in [1.165, 1.54) is 11.1 Å². The lowest BCUT2D eigenvalue weighted by molar-refractivity contribution is 0.192. The van der Waals surface area contributed by atoms with E-state index in [0.29, 0.717) is 17.6 Å². The molecular weight excluding hydrogens is 284 g/mol. The van der Waals surface area contributed by atoms with E-state index in [2.05, 4.69) is 39.8 Å². The van der Waals surface area contributed by atoms with Crippen molar-refractivity contribution in [3.05, 3.63) is 71.0 Å². The lowest BCUT2D eigenvalue weighted by atomic mass is 9.93. The highest BCUT2D eigenvalue weighted by atomic mass is 16.4. The average Bonchev–Trinajstić information content (AvgIpc) is 2.97. The first-order valence-electron chi connectivity index (χ1n) is 8.27. The summed E-state index contributed by atoms with van der Waals surface area (Å²) in [5, 5.41) is 11.7. The average molecular weight is 308 g/mol. The molecule has 0 spiro atoms. The van der Waals surface area contributed by atoms with Crippen LogP contribution in [0.2, 0.25) is 0 Å². The molecule has 1 heterocycles. The molecule has 120 valence electrons. The number of hydrogen-bond acceptors (Lipinski definition) is 2. The van der Waals surface area contributed by atoms with E-state index in [4.69, 9.17) is 4.42 Å². The van der Waals surface area contributed by atoms with E-state index < -0.39 is 6.10 Å². The van der Waals surface area contributed by atoms with Gasteiger partial charge in [0.2, 0.25) is 0 Å². The zero-order valence-electron chi connectivity index (χ0n) is 14.2. The summed E-state index contributed by atoms with van der Waals surface area (Å²) in [6, 6.07) is 16.0. The van der Waals surface area contributed by atoms with Gasteiger partial charge in [0, 0.05) is 5.39 Å². The normalized spacial score (nSPS) is 13.2. The van der Waals surface area contributed by atoms with E-state index in [1.807, 2.05) is 36.4 Å². The third-order valence-electron chi connectivity index (χ3n) is 4.36. The van der Waals surface area contributed by atoms with E-state index in [1.54, 1.807) is 0 Å². The molecule has 0 aliphatic heterocycles. The maximum absolute atomic E-state index is 10.6. The molecule has 1 atom stereocenters.